The van der Waals surface area contributed by atoms with Crippen molar-refractivity contribution in [3.63, 3.8) is 0 Å². The second-order valence-corrected chi connectivity index (χ2v) is 9.09. The molecule has 0 aliphatic carbocycles. The van der Waals surface area contributed by atoms with E-state index >= 15 is 0 Å². The summed E-state index contributed by atoms with van der Waals surface area (Å²) in [5, 5.41) is 2.84. The topological polar surface area (TPSA) is 67.8 Å². The highest BCUT2D eigenvalue weighted by Crippen LogP contribution is 2.37. The maximum absolute atomic E-state index is 13.4. The zero-order chi connectivity index (χ0) is 24.0. The number of carbonyl (C=O) groups is 1. The van der Waals surface area contributed by atoms with E-state index in [2.05, 4.69) is 14.9 Å². The summed E-state index contributed by atoms with van der Waals surface area (Å²) in [6.07, 6.45) is 1.22. The van der Waals surface area contributed by atoms with E-state index in [1.165, 1.54) is 29.8 Å². The minimum atomic E-state index is -0.279. The summed E-state index contributed by atoms with van der Waals surface area (Å²) in [6, 6.07) is 16.1. The zero-order valence-electron chi connectivity index (χ0n) is 19.1. The number of carbonyl (C=O) groups excluding carboxylic acids is 1. The van der Waals surface area contributed by atoms with Crippen LogP contribution in [0.25, 0.3) is 21.3 Å². The zero-order valence-corrected chi connectivity index (χ0v) is 19.9. The first-order valence-corrected chi connectivity index (χ1v) is 12.3. The van der Waals surface area contributed by atoms with Crippen LogP contribution >= 0.6 is 11.3 Å². The molecular weight excluding hydrogens is 467 g/mol. The molecule has 3 heterocycles. The van der Waals surface area contributed by atoms with Crippen molar-refractivity contribution < 1.29 is 18.7 Å². The summed E-state index contributed by atoms with van der Waals surface area (Å²) in [6.45, 7) is 4.20. The number of hydrogen-bond acceptors (Lipinski definition) is 7. The van der Waals surface area contributed by atoms with Gasteiger partial charge in [-0.2, -0.15) is 0 Å². The summed E-state index contributed by atoms with van der Waals surface area (Å²) in [5.41, 5.74) is 2.81. The molecule has 0 spiro atoms. The van der Waals surface area contributed by atoms with Gasteiger partial charge in [-0.15, -0.1) is 11.3 Å². The number of benzene rings is 2. The first kappa shape index (κ1) is 23.2. The van der Waals surface area contributed by atoms with Gasteiger partial charge in [-0.1, -0.05) is 42.5 Å². The maximum atomic E-state index is 13.4. The third-order valence-corrected chi connectivity index (χ3v) is 6.86. The van der Waals surface area contributed by atoms with Crippen molar-refractivity contribution in [2.75, 3.05) is 39.3 Å². The van der Waals surface area contributed by atoms with E-state index in [1.807, 2.05) is 35.7 Å². The van der Waals surface area contributed by atoms with Crippen molar-refractivity contribution in [2.45, 2.75) is 6.61 Å². The molecule has 4 aromatic rings. The standard InChI is InChI=1S/C26H25FN4O3S/c27-21-8-6-20(7-9-21)22-17-35-25-23(22)24(28-18-29-25)33-15-14-30-10-12-31(13-11-30)26(32)34-16-19-4-2-1-3-5-19/h1-9,17-18H,10-16H2. The van der Waals surface area contributed by atoms with Crippen LogP contribution < -0.4 is 4.74 Å². The number of amides is 1. The Bertz CT molecular complexity index is 1280. The fraction of sp³-hybridized carbons (Fsp3) is 0.269. The average molecular weight is 493 g/mol. The molecule has 0 saturated carbocycles. The number of aromatic nitrogens is 2. The molecule has 2 aromatic heterocycles. The van der Waals surface area contributed by atoms with E-state index in [1.54, 1.807) is 17.0 Å². The molecule has 180 valence electrons. The van der Waals surface area contributed by atoms with Crippen LogP contribution in [0.1, 0.15) is 5.56 Å². The van der Waals surface area contributed by atoms with Crippen LogP contribution in [0.5, 0.6) is 5.88 Å². The molecule has 1 fully saturated rings. The largest absolute Gasteiger partial charge is 0.476 e. The van der Waals surface area contributed by atoms with Crippen molar-refractivity contribution in [3.05, 3.63) is 77.7 Å². The highest BCUT2D eigenvalue weighted by molar-refractivity contribution is 7.17. The van der Waals surface area contributed by atoms with Crippen molar-refractivity contribution in [1.29, 1.82) is 0 Å². The van der Waals surface area contributed by atoms with Gasteiger partial charge in [0.1, 0.15) is 30.2 Å². The van der Waals surface area contributed by atoms with Crippen LogP contribution in [0.2, 0.25) is 0 Å². The van der Waals surface area contributed by atoms with Gasteiger partial charge < -0.3 is 14.4 Å². The Morgan fingerprint density at radius 3 is 2.54 bits per heavy atom. The lowest BCUT2D eigenvalue weighted by Gasteiger charge is -2.33. The maximum Gasteiger partial charge on any atom is 0.410 e. The summed E-state index contributed by atoms with van der Waals surface area (Å²) in [5.74, 6) is 0.254. The van der Waals surface area contributed by atoms with Crippen molar-refractivity contribution in [2.24, 2.45) is 0 Å². The molecule has 35 heavy (non-hydrogen) atoms. The van der Waals surface area contributed by atoms with Crippen LogP contribution in [0, 0.1) is 5.82 Å². The molecule has 0 unspecified atom stereocenters. The molecule has 1 aliphatic heterocycles. The monoisotopic (exact) mass is 492 g/mol. The van der Waals surface area contributed by atoms with E-state index in [0.717, 1.165) is 40.0 Å². The molecule has 0 N–H and O–H groups in total. The van der Waals surface area contributed by atoms with Crippen LogP contribution in [0.3, 0.4) is 0 Å². The van der Waals surface area contributed by atoms with Crippen molar-refractivity contribution in [1.82, 2.24) is 19.8 Å². The van der Waals surface area contributed by atoms with E-state index in [0.29, 0.717) is 32.1 Å². The Labute approximate surface area is 206 Å². The first-order valence-electron chi connectivity index (χ1n) is 11.5. The lowest BCUT2D eigenvalue weighted by atomic mass is 10.1. The number of rotatable bonds is 7. The molecule has 1 amide bonds. The van der Waals surface area contributed by atoms with Gasteiger partial charge in [-0.3, -0.25) is 4.90 Å². The average Bonchev–Trinajstić information content (AvgIpc) is 3.34. The Hall–Kier alpha value is -3.56. The quantitative estimate of drug-likeness (QED) is 0.368. The Morgan fingerprint density at radius 2 is 1.77 bits per heavy atom. The molecule has 0 bridgehead atoms. The molecule has 0 atom stereocenters. The predicted octanol–water partition coefficient (Wildman–Crippen LogP) is 4.83. The van der Waals surface area contributed by atoms with Gasteiger partial charge in [0.25, 0.3) is 0 Å². The highest BCUT2D eigenvalue weighted by Gasteiger charge is 2.22. The molecule has 2 aromatic carbocycles. The fourth-order valence-electron chi connectivity index (χ4n) is 4.04. The molecule has 1 aliphatic rings. The number of hydrogen-bond donors (Lipinski definition) is 0. The predicted molar refractivity (Wildman–Crippen MR) is 133 cm³/mol. The van der Waals surface area contributed by atoms with Gasteiger partial charge in [0, 0.05) is 43.7 Å². The number of halogens is 1. The van der Waals surface area contributed by atoms with Crippen LogP contribution in [-0.4, -0.2) is 65.2 Å². The number of nitrogens with zero attached hydrogens (tertiary/aromatic N) is 4. The Balaban J connectivity index is 1.13. The van der Waals surface area contributed by atoms with Crippen LogP contribution in [0.15, 0.2) is 66.3 Å². The normalized spacial score (nSPS) is 14.3. The SMILES string of the molecule is O=C(OCc1ccccc1)N1CCN(CCOc2ncnc3scc(-c4ccc(F)cc4)c23)CC1. The van der Waals surface area contributed by atoms with Crippen molar-refractivity contribution >= 4 is 27.6 Å². The molecule has 7 nitrogen and oxygen atoms in total. The van der Waals surface area contributed by atoms with E-state index < -0.39 is 0 Å². The lowest BCUT2D eigenvalue weighted by molar-refractivity contribution is 0.0683. The molecule has 5 rings (SSSR count). The molecule has 0 radical (unpaired) electrons. The minimum Gasteiger partial charge on any atom is -0.476 e. The van der Waals surface area contributed by atoms with E-state index in [-0.39, 0.29) is 18.5 Å². The summed E-state index contributed by atoms with van der Waals surface area (Å²) in [4.78, 5) is 25.9. The first-order chi connectivity index (χ1) is 17.2. The minimum absolute atomic E-state index is 0.273. The second-order valence-electron chi connectivity index (χ2n) is 8.23. The molecule has 9 heteroatoms. The van der Waals surface area contributed by atoms with Gasteiger partial charge in [0.15, 0.2) is 0 Å². The second kappa shape index (κ2) is 10.8. The summed E-state index contributed by atoms with van der Waals surface area (Å²) < 4.78 is 24.9. The molecule has 1 saturated heterocycles. The van der Waals surface area contributed by atoms with Crippen LogP contribution in [-0.2, 0) is 11.3 Å². The smallest absolute Gasteiger partial charge is 0.410 e. The van der Waals surface area contributed by atoms with Gasteiger partial charge in [-0.05, 0) is 23.3 Å². The number of ether oxygens (including phenoxy) is 2. The van der Waals surface area contributed by atoms with Gasteiger partial charge >= 0.3 is 6.09 Å². The fourth-order valence-corrected chi connectivity index (χ4v) is 4.94. The van der Waals surface area contributed by atoms with Crippen molar-refractivity contribution in [3.8, 4) is 17.0 Å². The lowest BCUT2D eigenvalue weighted by Crippen LogP contribution is -2.49. The number of piperazine rings is 1. The van der Waals surface area contributed by atoms with Gasteiger partial charge in [0.05, 0.1) is 5.39 Å². The third-order valence-electron chi connectivity index (χ3n) is 5.97. The van der Waals surface area contributed by atoms with E-state index in [4.69, 9.17) is 9.47 Å². The Morgan fingerprint density at radius 1 is 1.00 bits per heavy atom. The van der Waals surface area contributed by atoms with Gasteiger partial charge in [-0.25, -0.2) is 19.2 Å². The summed E-state index contributed by atoms with van der Waals surface area (Å²) in [7, 11) is 0. The number of fused-ring (bicyclic) bond motifs is 1. The molecular formula is C26H25FN4O3S. The number of thiophene rings is 1. The Kier molecular flexibility index (Phi) is 7.15. The highest BCUT2D eigenvalue weighted by atomic mass is 32.1. The van der Waals surface area contributed by atoms with Crippen LogP contribution in [0.4, 0.5) is 9.18 Å². The van der Waals surface area contributed by atoms with E-state index in [9.17, 15) is 9.18 Å². The van der Waals surface area contributed by atoms with Gasteiger partial charge in [0.2, 0.25) is 5.88 Å². The summed E-state index contributed by atoms with van der Waals surface area (Å²) >= 11 is 1.51. The third kappa shape index (κ3) is 5.58.